The number of hydrogen-bond donors (Lipinski definition) is 1. The lowest BCUT2D eigenvalue weighted by atomic mass is 9.90. The van der Waals surface area contributed by atoms with Gasteiger partial charge in [-0.3, -0.25) is 14.2 Å². The zero-order valence-electron chi connectivity index (χ0n) is 13.6. The van der Waals surface area contributed by atoms with Gasteiger partial charge in [0.1, 0.15) is 11.4 Å². The number of amides is 1. The molecule has 0 bridgehead atoms. The number of benzene rings is 1. The molecule has 0 fully saturated rings. The van der Waals surface area contributed by atoms with Crippen molar-refractivity contribution in [1.82, 2.24) is 9.13 Å². The predicted molar refractivity (Wildman–Crippen MR) is 89.5 cm³/mol. The van der Waals surface area contributed by atoms with Crippen molar-refractivity contribution in [3.05, 3.63) is 56.9 Å². The maximum Gasteiger partial charge on any atom is 0.330 e. The molecule has 1 aliphatic rings. The number of aryl methyl sites for hydroxylation is 1. The standard InChI is InChI=1S/C17H19N3O4/c1-19-10-13(16(22)20(2)17(19)23)18-15(21)9-11-7-8-24-14-6-4-3-5-12(11)14/h3-6,10-11H,7-9H2,1-2H3,(H,18,21)/t11-/m1/s1. The van der Waals surface area contributed by atoms with Gasteiger partial charge in [0.25, 0.3) is 5.56 Å². The molecule has 0 spiro atoms. The first-order valence-corrected chi connectivity index (χ1v) is 7.75. The van der Waals surface area contributed by atoms with E-state index in [9.17, 15) is 14.4 Å². The molecule has 2 aromatic rings. The fraction of sp³-hybridized carbons (Fsp3) is 0.353. The maximum atomic E-state index is 12.4. The van der Waals surface area contributed by atoms with Crippen LogP contribution < -0.4 is 21.3 Å². The van der Waals surface area contributed by atoms with Crippen molar-refractivity contribution < 1.29 is 9.53 Å². The summed E-state index contributed by atoms with van der Waals surface area (Å²) >= 11 is 0. The van der Waals surface area contributed by atoms with Crippen molar-refractivity contribution in [2.24, 2.45) is 14.1 Å². The normalized spacial score (nSPS) is 16.2. The van der Waals surface area contributed by atoms with Crippen LogP contribution in [0.15, 0.2) is 40.1 Å². The Balaban J connectivity index is 1.78. The molecule has 1 N–H and O–H groups in total. The van der Waals surface area contributed by atoms with E-state index < -0.39 is 11.2 Å². The molecule has 0 saturated heterocycles. The molecule has 0 unspecified atom stereocenters. The summed E-state index contributed by atoms with van der Waals surface area (Å²) in [6.07, 6.45) is 2.35. The Hall–Kier alpha value is -2.83. The number of carbonyl (C=O) groups is 1. The van der Waals surface area contributed by atoms with E-state index in [4.69, 9.17) is 4.74 Å². The van der Waals surface area contributed by atoms with Crippen molar-refractivity contribution in [3.63, 3.8) is 0 Å². The average Bonchev–Trinajstić information content (AvgIpc) is 2.58. The predicted octanol–water partition coefficient (Wildman–Crippen LogP) is 0.979. The summed E-state index contributed by atoms with van der Waals surface area (Å²) in [5, 5.41) is 2.62. The third-order valence-corrected chi connectivity index (χ3v) is 4.24. The van der Waals surface area contributed by atoms with Gasteiger partial charge in [-0.1, -0.05) is 18.2 Å². The smallest absolute Gasteiger partial charge is 0.330 e. The SMILES string of the molecule is Cn1cc(NC(=O)C[C@H]2CCOc3ccccc32)c(=O)n(C)c1=O. The van der Waals surface area contributed by atoms with E-state index in [2.05, 4.69) is 5.32 Å². The lowest BCUT2D eigenvalue weighted by molar-refractivity contribution is -0.116. The molecule has 0 radical (unpaired) electrons. The quantitative estimate of drug-likeness (QED) is 0.910. The maximum absolute atomic E-state index is 12.4. The molecule has 7 heteroatoms. The van der Waals surface area contributed by atoms with Crippen LogP contribution in [-0.4, -0.2) is 21.6 Å². The van der Waals surface area contributed by atoms with E-state index in [-0.39, 0.29) is 23.9 Å². The van der Waals surface area contributed by atoms with Crippen molar-refractivity contribution >= 4 is 11.6 Å². The van der Waals surface area contributed by atoms with Crippen LogP contribution in [0.2, 0.25) is 0 Å². The third-order valence-electron chi connectivity index (χ3n) is 4.24. The lowest BCUT2D eigenvalue weighted by Crippen LogP contribution is -2.38. The van der Waals surface area contributed by atoms with Crippen LogP contribution in [0, 0.1) is 0 Å². The Labute approximate surface area is 138 Å². The van der Waals surface area contributed by atoms with Crippen molar-refractivity contribution in [2.45, 2.75) is 18.8 Å². The zero-order chi connectivity index (χ0) is 17.3. The topological polar surface area (TPSA) is 82.3 Å². The van der Waals surface area contributed by atoms with Gasteiger partial charge in [-0.25, -0.2) is 4.79 Å². The van der Waals surface area contributed by atoms with Crippen LogP contribution in [0.3, 0.4) is 0 Å². The first kappa shape index (κ1) is 16.0. The number of anilines is 1. The van der Waals surface area contributed by atoms with Gasteiger partial charge >= 0.3 is 5.69 Å². The fourth-order valence-electron chi connectivity index (χ4n) is 2.95. The summed E-state index contributed by atoms with van der Waals surface area (Å²) in [5.41, 5.74) is 0.160. The molecule has 0 saturated carbocycles. The summed E-state index contributed by atoms with van der Waals surface area (Å²) in [6.45, 7) is 0.566. The summed E-state index contributed by atoms with van der Waals surface area (Å²) in [7, 11) is 2.92. The van der Waals surface area contributed by atoms with Crippen LogP contribution in [0.25, 0.3) is 0 Å². The highest BCUT2D eigenvalue weighted by atomic mass is 16.5. The van der Waals surface area contributed by atoms with Crippen molar-refractivity contribution in [1.29, 1.82) is 0 Å². The number of para-hydroxylation sites is 1. The van der Waals surface area contributed by atoms with Crippen LogP contribution in [0.1, 0.15) is 24.3 Å². The number of rotatable bonds is 3. The number of fused-ring (bicyclic) bond motifs is 1. The number of nitrogens with one attached hydrogen (secondary N) is 1. The minimum Gasteiger partial charge on any atom is -0.493 e. The Morgan fingerprint density at radius 1 is 1.29 bits per heavy atom. The van der Waals surface area contributed by atoms with E-state index in [1.165, 1.54) is 24.9 Å². The summed E-state index contributed by atoms with van der Waals surface area (Å²) in [6, 6.07) is 7.66. The molecule has 0 aliphatic carbocycles. The molecule has 3 rings (SSSR count). The van der Waals surface area contributed by atoms with Gasteiger partial charge in [0, 0.05) is 26.7 Å². The number of ether oxygens (including phenoxy) is 1. The van der Waals surface area contributed by atoms with E-state index in [1.807, 2.05) is 24.3 Å². The molecular formula is C17H19N3O4. The molecule has 126 valence electrons. The third kappa shape index (κ3) is 2.97. The highest BCUT2D eigenvalue weighted by molar-refractivity contribution is 5.91. The lowest BCUT2D eigenvalue weighted by Gasteiger charge is -2.25. The fourth-order valence-corrected chi connectivity index (χ4v) is 2.95. The number of carbonyl (C=O) groups excluding carboxylic acids is 1. The summed E-state index contributed by atoms with van der Waals surface area (Å²) in [4.78, 5) is 36.1. The van der Waals surface area contributed by atoms with E-state index in [1.54, 1.807) is 0 Å². The van der Waals surface area contributed by atoms with E-state index >= 15 is 0 Å². The minimum absolute atomic E-state index is 0.0475. The van der Waals surface area contributed by atoms with Gasteiger partial charge in [0.2, 0.25) is 5.91 Å². The minimum atomic E-state index is -0.515. The summed E-state index contributed by atoms with van der Waals surface area (Å²) in [5.74, 6) is 0.596. The molecule has 1 amide bonds. The van der Waals surface area contributed by atoms with Crippen LogP contribution >= 0.6 is 0 Å². The summed E-state index contributed by atoms with van der Waals surface area (Å²) < 4.78 is 7.83. The number of hydrogen-bond acceptors (Lipinski definition) is 4. The molecule has 24 heavy (non-hydrogen) atoms. The molecule has 1 aromatic heterocycles. The molecular weight excluding hydrogens is 310 g/mol. The molecule has 2 heterocycles. The van der Waals surface area contributed by atoms with E-state index in [0.29, 0.717) is 6.61 Å². The van der Waals surface area contributed by atoms with Crippen molar-refractivity contribution in [2.75, 3.05) is 11.9 Å². The average molecular weight is 329 g/mol. The van der Waals surface area contributed by atoms with E-state index in [0.717, 1.165) is 22.3 Å². The monoisotopic (exact) mass is 329 g/mol. The first-order valence-electron chi connectivity index (χ1n) is 7.75. The van der Waals surface area contributed by atoms with Crippen molar-refractivity contribution in [3.8, 4) is 5.75 Å². The Bertz CT molecular complexity index is 897. The first-order chi connectivity index (χ1) is 11.5. The second-order valence-corrected chi connectivity index (χ2v) is 5.92. The zero-order valence-corrected chi connectivity index (χ0v) is 13.6. The van der Waals surface area contributed by atoms with Gasteiger partial charge in [0.15, 0.2) is 0 Å². The van der Waals surface area contributed by atoms with Crippen LogP contribution in [-0.2, 0) is 18.9 Å². The number of aromatic nitrogens is 2. The van der Waals surface area contributed by atoms with Crippen LogP contribution in [0.4, 0.5) is 5.69 Å². The highest BCUT2D eigenvalue weighted by Crippen LogP contribution is 2.35. The van der Waals surface area contributed by atoms with Gasteiger partial charge in [-0.15, -0.1) is 0 Å². The number of nitrogens with zero attached hydrogens (tertiary/aromatic N) is 2. The largest absolute Gasteiger partial charge is 0.493 e. The highest BCUT2D eigenvalue weighted by Gasteiger charge is 2.24. The Morgan fingerprint density at radius 3 is 2.83 bits per heavy atom. The van der Waals surface area contributed by atoms with Gasteiger partial charge in [-0.2, -0.15) is 0 Å². The van der Waals surface area contributed by atoms with Crippen LogP contribution in [0.5, 0.6) is 5.75 Å². The van der Waals surface area contributed by atoms with Gasteiger partial charge < -0.3 is 14.6 Å². The van der Waals surface area contributed by atoms with Gasteiger partial charge in [-0.05, 0) is 24.0 Å². The molecule has 1 aromatic carbocycles. The Morgan fingerprint density at radius 2 is 2.04 bits per heavy atom. The molecule has 1 atom stereocenters. The second kappa shape index (κ2) is 6.35. The molecule has 7 nitrogen and oxygen atoms in total. The van der Waals surface area contributed by atoms with Gasteiger partial charge in [0.05, 0.1) is 6.61 Å². The molecule has 1 aliphatic heterocycles. The Kier molecular flexibility index (Phi) is 4.24. The second-order valence-electron chi connectivity index (χ2n) is 5.92.